The van der Waals surface area contributed by atoms with Gasteiger partial charge in [-0.05, 0) is 0 Å². The SMILES string of the molecule is N[C@@H](C[Se]c1ccccc1C(=O)O)C(=O)O. The fourth-order valence-corrected chi connectivity index (χ4v) is 3.09. The van der Waals surface area contributed by atoms with Gasteiger partial charge in [0.2, 0.25) is 0 Å². The van der Waals surface area contributed by atoms with Gasteiger partial charge in [0.25, 0.3) is 0 Å². The third kappa shape index (κ3) is 3.34. The number of carbonyl (C=O) groups is 2. The van der Waals surface area contributed by atoms with Crippen LogP contribution < -0.4 is 10.2 Å². The molecular weight excluding hydrogens is 277 g/mol. The Kier molecular flexibility index (Phi) is 4.49. The summed E-state index contributed by atoms with van der Waals surface area (Å²) in [6.07, 6.45) is 0. The summed E-state index contributed by atoms with van der Waals surface area (Å²) in [7, 11) is 0. The third-order valence-electron chi connectivity index (χ3n) is 1.85. The van der Waals surface area contributed by atoms with E-state index in [-0.39, 0.29) is 25.8 Å². The van der Waals surface area contributed by atoms with Crippen LogP contribution in [-0.2, 0) is 4.79 Å². The van der Waals surface area contributed by atoms with E-state index < -0.39 is 18.0 Å². The van der Waals surface area contributed by atoms with Gasteiger partial charge in [-0.15, -0.1) is 0 Å². The Morgan fingerprint density at radius 2 is 1.94 bits per heavy atom. The molecule has 0 aliphatic carbocycles. The van der Waals surface area contributed by atoms with Crippen LogP contribution in [0.15, 0.2) is 24.3 Å². The zero-order valence-corrected chi connectivity index (χ0v) is 10.0. The van der Waals surface area contributed by atoms with Crippen molar-refractivity contribution >= 4 is 31.4 Å². The zero-order chi connectivity index (χ0) is 12.1. The zero-order valence-electron chi connectivity index (χ0n) is 8.29. The summed E-state index contributed by atoms with van der Waals surface area (Å²) >= 11 is -0.243. The first kappa shape index (κ1) is 12.7. The summed E-state index contributed by atoms with van der Waals surface area (Å²) in [4.78, 5) is 21.4. The van der Waals surface area contributed by atoms with Crippen molar-refractivity contribution < 1.29 is 19.8 Å². The van der Waals surface area contributed by atoms with Crippen molar-refractivity contribution in [3.8, 4) is 0 Å². The molecule has 5 nitrogen and oxygen atoms in total. The topological polar surface area (TPSA) is 101 Å². The van der Waals surface area contributed by atoms with E-state index in [9.17, 15) is 9.59 Å². The molecule has 16 heavy (non-hydrogen) atoms. The molecule has 0 aliphatic heterocycles. The fourth-order valence-electron chi connectivity index (χ4n) is 1.02. The van der Waals surface area contributed by atoms with Gasteiger partial charge in [0.15, 0.2) is 0 Å². The average molecular weight is 288 g/mol. The number of hydrogen-bond acceptors (Lipinski definition) is 3. The van der Waals surface area contributed by atoms with Crippen LogP contribution in [0.25, 0.3) is 0 Å². The van der Waals surface area contributed by atoms with Gasteiger partial charge in [-0.2, -0.15) is 0 Å². The van der Waals surface area contributed by atoms with E-state index in [4.69, 9.17) is 15.9 Å². The van der Waals surface area contributed by atoms with Gasteiger partial charge in [-0.1, -0.05) is 0 Å². The van der Waals surface area contributed by atoms with E-state index in [1.165, 1.54) is 6.07 Å². The molecule has 4 N–H and O–H groups in total. The molecule has 1 aromatic carbocycles. The van der Waals surface area contributed by atoms with Gasteiger partial charge in [0.1, 0.15) is 0 Å². The summed E-state index contributed by atoms with van der Waals surface area (Å²) in [6, 6.07) is 5.64. The van der Waals surface area contributed by atoms with Crippen LogP contribution in [0, 0.1) is 0 Å². The van der Waals surface area contributed by atoms with E-state index in [1.54, 1.807) is 18.2 Å². The van der Waals surface area contributed by atoms with Crippen molar-refractivity contribution in [2.24, 2.45) is 5.73 Å². The van der Waals surface area contributed by atoms with E-state index >= 15 is 0 Å². The van der Waals surface area contributed by atoms with Crippen LogP contribution in [-0.4, -0.2) is 43.2 Å². The molecule has 0 bridgehead atoms. The van der Waals surface area contributed by atoms with Gasteiger partial charge in [0.05, 0.1) is 0 Å². The first-order valence-corrected chi connectivity index (χ1v) is 6.52. The molecule has 1 atom stereocenters. The minimum atomic E-state index is -1.06. The van der Waals surface area contributed by atoms with Crippen molar-refractivity contribution in [1.29, 1.82) is 0 Å². The quantitative estimate of drug-likeness (QED) is 0.637. The minimum absolute atomic E-state index is 0.222. The second kappa shape index (κ2) is 5.65. The standard InChI is InChI=1S/C10H11NO4Se/c11-7(10(14)15)5-16-8-4-2-1-3-6(8)9(12)13/h1-4,7H,5,11H2,(H,12,13)(H,14,15)/t7-/m0/s1. The molecule has 0 spiro atoms. The molecule has 0 amide bonds. The number of carboxylic acids is 2. The van der Waals surface area contributed by atoms with Gasteiger partial charge in [0, 0.05) is 0 Å². The summed E-state index contributed by atoms with van der Waals surface area (Å²) in [5.41, 5.74) is 5.58. The molecule has 0 fully saturated rings. The Labute approximate surface area is 98.4 Å². The molecule has 86 valence electrons. The Bertz CT molecular complexity index is 408. The fraction of sp³-hybridized carbons (Fsp3) is 0.200. The van der Waals surface area contributed by atoms with Crippen LogP contribution >= 0.6 is 0 Å². The number of aliphatic carboxylic acids is 1. The van der Waals surface area contributed by atoms with Crippen LogP contribution in [0.4, 0.5) is 0 Å². The number of benzene rings is 1. The van der Waals surface area contributed by atoms with Gasteiger partial charge in [-0.3, -0.25) is 0 Å². The van der Waals surface area contributed by atoms with Gasteiger partial charge >= 0.3 is 98.1 Å². The van der Waals surface area contributed by atoms with E-state index in [2.05, 4.69) is 0 Å². The molecular formula is C10H11NO4Se. The Balaban J connectivity index is 2.74. The molecule has 1 rings (SSSR count). The Morgan fingerprint density at radius 3 is 2.50 bits per heavy atom. The van der Waals surface area contributed by atoms with Crippen molar-refractivity contribution in [3.05, 3.63) is 29.8 Å². The second-order valence-electron chi connectivity index (χ2n) is 3.06. The molecule has 0 saturated heterocycles. The summed E-state index contributed by atoms with van der Waals surface area (Å²) in [5, 5.41) is 17.8. The molecule has 0 heterocycles. The second-order valence-corrected chi connectivity index (χ2v) is 5.28. The molecule has 0 unspecified atom stereocenters. The Morgan fingerprint density at radius 1 is 1.31 bits per heavy atom. The summed E-state index contributed by atoms with van der Waals surface area (Å²) < 4.78 is 0.666. The van der Waals surface area contributed by atoms with Gasteiger partial charge in [-0.25, -0.2) is 0 Å². The monoisotopic (exact) mass is 289 g/mol. The normalized spacial score (nSPS) is 12.1. The predicted molar refractivity (Wildman–Crippen MR) is 59.2 cm³/mol. The molecule has 0 saturated carbocycles. The average Bonchev–Trinajstić information content (AvgIpc) is 2.25. The van der Waals surface area contributed by atoms with Crippen molar-refractivity contribution in [2.45, 2.75) is 11.4 Å². The van der Waals surface area contributed by atoms with Crippen molar-refractivity contribution in [2.75, 3.05) is 0 Å². The number of carboxylic acid groups (broad SMARTS) is 2. The summed E-state index contributed by atoms with van der Waals surface area (Å²) in [6.45, 7) is 0. The maximum absolute atomic E-state index is 10.9. The van der Waals surface area contributed by atoms with Crippen molar-refractivity contribution in [3.63, 3.8) is 0 Å². The number of rotatable bonds is 5. The van der Waals surface area contributed by atoms with Crippen LogP contribution in [0.1, 0.15) is 10.4 Å². The molecule has 1 aromatic rings. The summed E-state index contributed by atoms with van der Waals surface area (Å²) in [5.74, 6) is -2.06. The number of nitrogens with two attached hydrogens (primary N) is 1. The van der Waals surface area contributed by atoms with Crippen LogP contribution in [0.3, 0.4) is 0 Å². The Hall–Kier alpha value is -1.36. The van der Waals surface area contributed by atoms with E-state index in [0.29, 0.717) is 4.46 Å². The van der Waals surface area contributed by atoms with Gasteiger partial charge < -0.3 is 0 Å². The number of aromatic carboxylic acids is 1. The first-order chi connectivity index (χ1) is 7.52. The molecule has 0 radical (unpaired) electrons. The van der Waals surface area contributed by atoms with E-state index in [0.717, 1.165) is 0 Å². The molecule has 6 heteroatoms. The van der Waals surface area contributed by atoms with Crippen LogP contribution in [0.2, 0.25) is 5.32 Å². The molecule has 0 aliphatic rings. The first-order valence-electron chi connectivity index (χ1n) is 4.46. The number of hydrogen-bond donors (Lipinski definition) is 3. The maximum atomic E-state index is 10.9. The molecule has 0 aromatic heterocycles. The van der Waals surface area contributed by atoms with Crippen LogP contribution in [0.5, 0.6) is 0 Å². The van der Waals surface area contributed by atoms with E-state index in [1.807, 2.05) is 0 Å². The third-order valence-corrected chi connectivity index (χ3v) is 4.36. The van der Waals surface area contributed by atoms with Crippen molar-refractivity contribution in [1.82, 2.24) is 0 Å². The predicted octanol–water partition coefficient (Wildman–Crippen LogP) is -0.456.